The molecule has 0 atom stereocenters. The number of carbonyl (C=O) groups is 1. The van der Waals surface area contributed by atoms with Crippen LogP contribution in [0.4, 0.5) is 5.69 Å². The molecule has 1 aromatic heterocycles. The number of pyridine rings is 1. The number of rotatable bonds is 5. The van der Waals surface area contributed by atoms with Crippen molar-refractivity contribution in [2.24, 2.45) is 0 Å². The standard InChI is InChI=1S/C18H20N2O/c1-4-16(11-18(21)15-6-5-9-19-12-15)20-17-8-7-13(2)14(3)10-17/h4-10,12,20H,11H2,1-3H3/b16-4+. The second kappa shape index (κ2) is 6.84. The first-order chi connectivity index (χ1) is 10.1. The first-order valence-corrected chi connectivity index (χ1v) is 7.03. The summed E-state index contributed by atoms with van der Waals surface area (Å²) in [6.45, 7) is 6.10. The van der Waals surface area contributed by atoms with Crippen LogP contribution < -0.4 is 5.32 Å². The Morgan fingerprint density at radius 2 is 2.05 bits per heavy atom. The fourth-order valence-electron chi connectivity index (χ4n) is 2.03. The Bertz CT molecular complexity index is 660. The number of Topliss-reactive ketones (excluding diaryl/α,β-unsaturated/α-hetero) is 1. The SMILES string of the molecule is C/C=C(\CC(=O)c1cccnc1)Nc1ccc(C)c(C)c1. The molecular weight excluding hydrogens is 260 g/mol. The quantitative estimate of drug-likeness (QED) is 0.831. The number of anilines is 1. The van der Waals surface area contributed by atoms with Crippen molar-refractivity contribution >= 4 is 11.5 Å². The third-order valence-corrected chi connectivity index (χ3v) is 3.49. The summed E-state index contributed by atoms with van der Waals surface area (Å²) in [6, 6.07) is 9.76. The third-order valence-electron chi connectivity index (χ3n) is 3.49. The van der Waals surface area contributed by atoms with Crippen molar-refractivity contribution in [1.82, 2.24) is 4.98 Å². The van der Waals surface area contributed by atoms with E-state index in [0.29, 0.717) is 12.0 Å². The topological polar surface area (TPSA) is 42.0 Å². The van der Waals surface area contributed by atoms with Crippen LogP contribution in [0, 0.1) is 13.8 Å². The van der Waals surface area contributed by atoms with Crippen LogP contribution in [0.25, 0.3) is 0 Å². The highest BCUT2D eigenvalue weighted by molar-refractivity contribution is 5.97. The highest BCUT2D eigenvalue weighted by atomic mass is 16.1. The maximum Gasteiger partial charge on any atom is 0.170 e. The van der Waals surface area contributed by atoms with Crippen LogP contribution in [0.15, 0.2) is 54.5 Å². The van der Waals surface area contributed by atoms with Crippen molar-refractivity contribution in [3.05, 3.63) is 71.2 Å². The Morgan fingerprint density at radius 3 is 2.67 bits per heavy atom. The molecule has 0 radical (unpaired) electrons. The molecule has 0 aliphatic carbocycles. The van der Waals surface area contributed by atoms with Gasteiger partial charge in [-0.15, -0.1) is 0 Å². The zero-order valence-electron chi connectivity index (χ0n) is 12.7. The lowest BCUT2D eigenvalue weighted by Gasteiger charge is -2.12. The van der Waals surface area contributed by atoms with E-state index in [-0.39, 0.29) is 5.78 Å². The Labute approximate surface area is 125 Å². The number of aromatic nitrogens is 1. The summed E-state index contributed by atoms with van der Waals surface area (Å²) in [7, 11) is 0. The lowest BCUT2D eigenvalue weighted by atomic mass is 10.1. The van der Waals surface area contributed by atoms with Crippen LogP contribution in [0.1, 0.15) is 34.8 Å². The highest BCUT2D eigenvalue weighted by Crippen LogP contribution is 2.18. The second-order valence-electron chi connectivity index (χ2n) is 5.08. The number of ketones is 1. The molecule has 0 bridgehead atoms. The van der Waals surface area contributed by atoms with E-state index < -0.39 is 0 Å². The van der Waals surface area contributed by atoms with E-state index in [1.807, 2.05) is 19.1 Å². The van der Waals surface area contributed by atoms with Gasteiger partial charge in [0.25, 0.3) is 0 Å². The fourth-order valence-corrected chi connectivity index (χ4v) is 2.03. The first kappa shape index (κ1) is 15.0. The molecule has 0 saturated carbocycles. The molecule has 0 aliphatic heterocycles. The molecule has 3 heteroatoms. The molecule has 2 aromatic rings. The minimum Gasteiger partial charge on any atom is -0.359 e. The van der Waals surface area contributed by atoms with Gasteiger partial charge in [-0.3, -0.25) is 9.78 Å². The fraction of sp³-hybridized carbons (Fsp3) is 0.222. The molecule has 21 heavy (non-hydrogen) atoms. The molecule has 1 heterocycles. The van der Waals surface area contributed by atoms with E-state index in [4.69, 9.17) is 0 Å². The van der Waals surface area contributed by atoms with Gasteiger partial charge < -0.3 is 5.32 Å². The predicted molar refractivity (Wildman–Crippen MR) is 86.5 cm³/mol. The Balaban J connectivity index is 2.07. The van der Waals surface area contributed by atoms with Gasteiger partial charge in [-0.1, -0.05) is 12.1 Å². The van der Waals surface area contributed by atoms with Crippen molar-refractivity contribution in [2.75, 3.05) is 5.32 Å². The summed E-state index contributed by atoms with van der Waals surface area (Å²) in [4.78, 5) is 16.2. The number of nitrogens with zero attached hydrogens (tertiary/aromatic N) is 1. The maximum atomic E-state index is 12.2. The number of benzene rings is 1. The van der Waals surface area contributed by atoms with Crippen LogP contribution in [0.3, 0.4) is 0 Å². The van der Waals surface area contributed by atoms with Crippen LogP contribution in [-0.4, -0.2) is 10.8 Å². The summed E-state index contributed by atoms with van der Waals surface area (Å²) in [5, 5.41) is 3.32. The average molecular weight is 280 g/mol. The van der Waals surface area contributed by atoms with Gasteiger partial charge in [0.05, 0.1) is 6.42 Å². The Hall–Kier alpha value is -2.42. The zero-order chi connectivity index (χ0) is 15.2. The lowest BCUT2D eigenvalue weighted by molar-refractivity contribution is 0.0993. The van der Waals surface area contributed by atoms with Crippen LogP contribution in [0.5, 0.6) is 0 Å². The van der Waals surface area contributed by atoms with Gasteiger partial charge in [-0.2, -0.15) is 0 Å². The number of hydrogen-bond acceptors (Lipinski definition) is 3. The van der Waals surface area contributed by atoms with Crippen molar-refractivity contribution in [2.45, 2.75) is 27.2 Å². The molecule has 3 nitrogen and oxygen atoms in total. The number of allylic oxidation sites excluding steroid dienone is 2. The monoisotopic (exact) mass is 280 g/mol. The maximum absolute atomic E-state index is 12.2. The lowest BCUT2D eigenvalue weighted by Crippen LogP contribution is -2.07. The van der Waals surface area contributed by atoms with E-state index >= 15 is 0 Å². The van der Waals surface area contributed by atoms with E-state index in [9.17, 15) is 4.79 Å². The minimum absolute atomic E-state index is 0.0625. The molecule has 0 amide bonds. The van der Waals surface area contributed by atoms with Gasteiger partial charge in [0.2, 0.25) is 0 Å². The molecular formula is C18H20N2O. The van der Waals surface area contributed by atoms with E-state index in [1.165, 1.54) is 11.1 Å². The van der Waals surface area contributed by atoms with Gasteiger partial charge in [-0.05, 0) is 56.2 Å². The van der Waals surface area contributed by atoms with E-state index in [0.717, 1.165) is 11.4 Å². The van der Waals surface area contributed by atoms with Gasteiger partial charge in [-0.25, -0.2) is 0 Å². The number of aryl methyl sites for hydroxylation is 2. The smallest absolute Gasteiger partial charge is 0.170 e. The van der Waals surface area contributed by atoms with Crippen molar-refractivity contribution in [3.63, 3.8) is 0 Å². The normalized spacial score (nSPS) is 11.3. The molecule has 0 spiro atoms. The predicted octanol–water partition coefficient (Wildman–Crippen LogP) is 4.29. The largest absolute Gasteiger partial charge is 0.359 e. The van der Waals surface area contributed by atoms with Gasteiger partial charge >= 0.3 is 0 Å². The first-order valence-electron chi connectivity index (χ1n) is 7.03. The zero-order valence-corrected chi connectivity index (χ0v) is 12.7. The van der Waals surface area contributed by atoms with Crippen molar-refractivity contribution < 1.29 is 4.79 Å². The molecule has 0 saturated heterocycles. The van der Waals surface area contributed by atoms with E-state index in [1.54, 1.807) is 24.5 Å². The molecule has 1 N–H and O–H groups in total. The molecule has 1 aromatic carbocycles. The molecule has 108 valence electrons. The summed E-state index contributed by atoms with van der Waals surface area (Å²) in [6.07, 6.45) is 5.55. The number of nitrogens with one attached hydrogen (secondary N) is 1. The average Bonchev–Trinajstić information content (AvgIpc) is 2.51. The molecule has 0 unspecified atom stereocenters. The summed E-state index contributed by atoms with van der Waals surface area (Å²) in [5.74, 6) is 0.0625. The van der Waals surface area contributed by atoms with Crippen LogP contribution in [0.2, 0.25) is 0 Å². The summed E-state index contributed by atoms with van der Waals surface area (Å²) in [5.41, 5.74) is 5.03. The van der Waals surface area contributed by atoms with Crippen molar-refractivity contribution in [1.29, 1.82) is 0 Å². The second-order valence-corrected chi connectivity index (χ2v) is 5.08. The Morgan fingerprint density at radius 1 is 1.24 bits per heavy atom. The highest BCUT2D eigenvalue weighted by Gasteiger charge is 2.09. The summed E-state index contributed by atoms with van der Waals surface area (Å²) < 4.78 is 0. The number of carbonyl (C=O) groups excluding carboxylic acids is 1. The van der Waals surface area contributed by atoms with Crippen LogP contribution >= 0.6 is 0 Å². The summed E-state index contributed by atoms with van der Waals surface area (Å²) >= 11 is 0. The third kappa shape index (κ3) is 4.02. The number of hydrogen-bond donors (Lipinski definition) is 1. The minimum atomic E-state index is 0.0625. The van der Waals surface area contributed by atoms with Crippen LogP contribution in [-0.2, 0) is 0 Å². The van der Waals surface area contributed by atoms with Gasteiger partial charge in [0, 0.05) is 29.3 Å². The van der Waals surface area contributed by atoms with Gasteiger partial charge in [0.15, 0.2) is 5.78 Å². The molecule has 0 aliphatic rings. The van der Waals surface area contributed by atoms with E-state index in [2.05, 4.69) is 36.3 Å². The molecule has 0 fully saturated rings. The van der Waals surface area contributed by atoms with Gasteiger partial charge in [0.1, 0.15) is 0 Å². The van der Waals surface area contributed by atoms with Crippen molar-refractivity contribution in [3.8, 4) is 0 Å². The Kier molecular flexibility index (Phi) is 4.88. The molecule has 2 rings (SSSR count).